The predicted octanol–water partition coefficient (Wildman–Crippen LogP) is 3.59. The van der Waals surface area contributed by atoms with Crippen LogP contribution in [0.25, 0.3) is 0 Å². The lowest BCUT2D eigenvalue weighted by atomic mass is 10.1. The monoisotopic (exact) mass is 300 g/mol. The summed E-state index contributed by atoms with van der Waals surface area (Å²) < 4.78 is 40.4. The predicted molar refractivity (Wildman–Crippen MR) is 70.1 cm³/mol. The number of carbonyl (C=O) groups excluding carboxylic acids is 1. The molecule has 104 valence electrons. The van der Waals surface area contributed by atoms with E-state index in [1.807, 2.05) is 0 Å². The lowest BCUT2D eigenvalue weighted by Crippen LogP contribution is -2.16. The van der Waals surface area contributed by atoms with Gasteiger partial charge in [-0.3, -0.25) is 4.79 Å². The summed E-state index contributed by atoms with van der Waals surface area (Å²) in [5, 5.41) is 1.90. The highest BCUT2D eigenvalue weighted by molar-refractivity contribution is 6.31. The molecule has 3 N–H and O–H groups in total. The van der Waals surface area contributed by atoms with Gasteiger partial charge in [-0.2, -0.15) is 0 Å². The second kappa shape index (κ2) is 5.42. The van der Waals surface area contributed by atoms with Crippen LogP contribution in [-0.4, -0.2) is 5.91 Å². The van der Waals surface area contributed by atoms with Gasteiger partial charge in [0.05, 0.1) is 22.0 Å². The van der Waals surface area contributed by atoms with Gasteiger partial charge in [-0.25, -0.2) is 13.2 Å². The van der Waals surface area contributed by atoms with Crippen LogP contribution in [0.5, 0.6) is 0 Å². The lowest BCUT2D eigenvalue weighted by molar-refractivity contribution is 0.102. The van der Waals surface area contributed by atoms with Gasteiger partial charge in [0.25, 0.3) is 5.91 Å². The molecule has 0 atom stereocenters. The molecule has 0 unspecified atom stereocenters. The number of nitrogen functional groups attached to an aromatic ring is 1. The number of anilines is 2. The van der Waals surface area contributed by atoms with Crippen LogP contribution in [0, 0.1) is 17.5 Å². The zero-order valence-electron chi connectivity index (χ0n) is 9.88. The van der Waals surface area contributed by atoms with E-state index >= 15 is 0 Å². The van der Waals surface area contributed by atoms with Gasteiger partial charge in [0.2, 0.25) is 0 Å². The van der Waals surface area contributed by atoms with Gasteiger partial charge >= 0.3 is 0 Å². The second-order valence-electron chi connectivity index (χ2n) is 3.91. The molecule has 2 aromatic rings. The number of benzene rings is 2. The molecule has 1 amide bonds. The Morgan fingerprint density at radius 2 is 1.85 bits per heavy atom. The van der Waals surface area contributed by atoms with Crippen molar-refractivity contribution >= 4 is 28.9 Å². The summed E-state index contributed by atoms with van der Waals surface area (Å²) in [7, 11) is 0. The molecule has 0 fully saturated rings. The van der Waals surface area contributed by atoms with Crippen molar-refractivity contribution < 1.29 is 18.0 Å². The van der Waals surface area contributed by atoms with E-state index in [0.29, 0.717) is 6.07 Å². The van der Waals surface area contributed by atoms with Crippen LogP contribution >= 0.6 is 11.6 Å². The minimum absolute atomic E-state index is 0.206. The molecule has 2 rings (SSSR count). The molecular formula is C13H8ClF3N2O. The summed E-state index contributed by atoms with van der Waals surface area (Å²) in [5.74, 6) is -3.85. The minimum Gasteiger partial charge on any atom is -0.396 e. The fraction of sp³-hybridized carbons (Fsp3) is 0. The van der Waals surface area contributed by atoms with Gasteiger partial charge in [-0.05, 0) is 24.3 Å². The Labute approximate surface area is 117 Å². The van der Waals surface area contributed by atoms with Gasteiger partial charge in [0, 0.05) is 0 Å². The number of nitrogens with two attached hydrogens (primary N) is 1. The average molecular weight is 301 g/mol. The van der Waals surface area contributed by atoms with Crippen molar-refractivity contribution in [3.63, 3.8) is 0 Å². The Morgan fingerprint density at radius 1 is 1.15 bits per heavy atom. The molecular weight excluding hydrogens is 293 g/mol. The number of halogens is 4. The molecule has 0 saturated heterocycles. The standard InChI is InChI=1S/C13H8ClF3N2O/c14-8-2-1-3-10(12(8)17)19-13(20)7-4-6(15)5-9(18)11(7)16/h1-5H,18H2,(H,19,20). The summed E-state index contributed by atoms with van der Waals surface area (Å²) in [6.45, 7) is 0. The summed E-state index contributed by atoms with van der Waals surface area (Å²) in [6.07, 6.45) is 0. The van der Waals surface area contributed by atoms with Gasteiger partial charge in [-0.1, -0.05) is 17.7 Å². The minimum atomic E-state index is -1.08. The van der Waals surface area contributed by atoms with Gasteiger partial charge < -0.3 is 11.1 Å². The molecule has 0 aliphatic carbocycles. The molecule has 0 bridgehead atoms. The lowest BCUT2D eigenvalue weighted by Gasteiger charge is -2.09. The van der Waals surface area contributed by atoms with Crippen LogP contribution < -0.4 is 11.1 Å². The fourth-order valence-corrected chi connectivity index (χ4v) is 1.74. The SMILES string of the molecule is Nc1cc(F)cc(C(=O)Nc2cccc(Cl)c2F)c1F. The Morgan fingerprint density at radius 3 is 2.55 bits per heavy atom. The first-order valence-electron chi connectivity index (χ1n) is 5.40. The maximum Gasteiger partial charge on any atom is 0.258 e. The molecule has 0 radical (unpaired) electrons. The van der Waals surface area contributed by atoms with Crippen molar-refractivity contribution in [2.24, 2.45) is 0 Å². The molecule has 0 aliphatic heterocycles. The molecule has 20 heavy (non-hydrogen) atoms. The Kier molecular flexibility index (Phi) is 3.85. The highest BCUT2D eigenvalue weighted by Crippen LogP contribution is 2.24. The van der Waals surface area contributed by atoms with Crippen molar-refractivity contribution in [1.82, 2.24) is 0 Å². The van der Waals surface area contributed by atoms with Crippen LogP contribution in [0.1, 0.15) is 10.4 Å². The average Bonchev–Trinajstić information content (AvgIpc) is 2.39. The first-order valence-corrected chi connectivity index (χ1v) is 5.78. The van der Waals surface area contributed by atoms with Crippen LogP contribution in [0.2, 0.25) is 5.02 Å². The summed E-state index contributed by atoms with van der Waals surface area (Å²) in [6, 6.07) is 5.33. The fourth-order valence-electron chi connectivity index (χ4n) is 1.57. The van der Waals surface area contributed by atoms with Crippen molar-refractivity contribution in [3.8, 4) is 0 Å². The van der Waals surface area contributed by atoms with E-state index in [2.05, 4.69) is 5.32 Å². The number of hydrogen-bond acceptors (Lipinski definition) is 2. The first-order chi connectivity index (χ1) is 9.40. The third-order valence-corrected chi connectivity index (χ3v) is 2.80. The highest BCUT2D eigenvalue weighted by Gasteiger charge is 2.18. The van der Waals surface area contributed by atoms with E-state index in [1.165, 1.54) is 18.2 Å². The van der Waals surface area contributed by atoms with E-state index < -0.39 is 34.6 Å². The van der Waals surface area contributed by atoms with E-state index in [4.69, 9.17) is 17.3 Å². The van der Waals surface area contributed by atoms with Crippen LogP contribution in [-0.2, 0) is 0 Å². The van der Waals surface area contributed by atoms with Crippen LogP contribution in [0.3, 0.4) is 0 Å². The smallest absolute Gasteiger partial charge is 0.258 e. The number of carbonyl (C=O) groups is 1. The second-order valence-corrected chi connectivity index (χ2v) is 4.32. The highest BCUT2D eigenvalue weighted by atomic mass is 35.5. The Hall–Kier alpha value is -2.21. The molecule has 7 heteroatoms. The summed E-state index contributed by atoms with van der Waals surface area (Å²) >= 11 is 5.54. The largest absolute Gasteiger partial charge is 0.396 e. The molecule has 3 nitrogen and oxygen atoms in total. The third kappa shape index (κ3) is 2.70. The van der Waals surface area contributed by atoms with Crippen molar-refractivity contribution in [2.75, 3.05) is 11.1 Å². The van der Waals surface area contributed by atoms with E-state index in [0.717, 1.165) is 6.07 Å². The Bertz CT molecular complexity index is 692. The number of rotatable bonds is 2. The maximum atomic E-state index is 13.6. The molecule has 2 aromatic carbocycles. The first kappa shape index (κ1) is 14.2. The zero-order chi connectivity index (χ0) is 14.9. The zero-order valence-corrected chi connectivity index (χ0v) is 10.6. The number of hydrogen-bond donors (Lipinski definition) is 2. The number of nitrogens with one attached hydrogen (secondary N) is 1. The summed E-state index contributed by atoms with van der Waals surface area (Å²) in [5.41, 5.74) is 3.84. The maximum absolute atomic E-state index is 13.6. The third-order valence-electron chi connectivity index (χ3n) is 2.51. The van der Waals surface area contributed by atoms with Gasteiger partial charge in [0.1, 0.15) is 5.82 Å². The van der Waals surface area contributed by atoms with Crippen molar-refractivity contribution in [1.29, 1.82) is 0 Å². The van der Waals surface area contributed by atoms with Gasteiger partial charge in [-0.15, -0.1) is 0 Å². The topological polar surface area (TPSA) is 55.1 Å². The number of amides is 1. The Balaban J connectivity index is 2.36. The summed E-state index contributed by atoms with van der Waals surface area (Å²) in [4.78, 5) is 11.8. The molecule has 0 heterocycles. The molecule has 0 aliphatic rings. The molecule has 0 spiro atoms. The van der Waals surface area contributed by atoms with Crippen molar-refractivity contribution in [2.45, 2.75) is 0 Å². The van der Waals surface area contributed by atoms with Crippen molar-refractivity contribution in [3.05, 3.63) is 58.4 Å². The van der Waals surface area contributed by atoms with Crippen LogP contribution in [0.4, 0.5) is 24.5 Å². The quantitative estimate of drug-likeness (QED) is 0.833. The van der Waals surface area contributed by atoms with E-state index in [1.54, 1.807) is 0 Å². The molecule has 0 saturated carbocycles. The normalized spacial score (nSPS) is 10.4. The molecule has 0 aromatic heterocycles. The van der Waals surface area contributed by atoms with Gasteiger partial charge in [0.15, 0.2) is 11.6 Å². The van der Waals surface area contributed by atoms with E-state index in [-0.39, 0.29) is 10.7 Å². The van der Waals surface area contributed by atoms with E-state index in [9.17, 15) is 18.0 Å². The van der Waals surface area contributed by atoms with Crippen LogP contribution in [0.15, 0.2) is 30.3 Å².